The maximum Gasteiger partial charge on any atom is 0.262 e. The van der Waals surface area contributed by atoms with E-state index in [-0.39, 0.29) is 23.8 Å². The van der Waals surface area contributed by atoms with E-state index in [1.54, 1.807) is 36.4 Å². The first-order valence-corrected chi connectivity index (χ1v) is 11.2. The highest BCUT2D eigenvalue weighted by Gasteiger charge is 2.15. The van der Waals surface area contributed by atoms with Crippen LogP contribution in [-0.2, 0) is 16.8 Å². The van der Waals surface area contributed by atoms with Crippen molar-refractivity contribution in [2.45, 2.75) is 32.7 Å². The number of hydrogen-bond acceptors (Lipinski definition) is 3. The maximum atomic E-state index is 12.7. The van der Waals surface area contributed by atoms with Gasteiger partial charge in [0.2, 0.25) is 0 Å². The van der Waals surface area contributed by atoms with Gasteiger partial charge < -0.3 is 15.4 Å². The largest absolute Gasteiger partial charge is 0.483 e. The van der Waals surface area contributed by atoms with Crippen LogP contribution >= 0.6 is 15.9 Å². The van der Waals surface area contributed by atoms with E-state index >= 15 is 0 Å². The molecule has 0 bridgehead atoms. The van der Waals surface area contributed by atoms with Crippen LogP contribution < -0.4 is 15.4 Å². The summed E-state index contributed by atoms with van der Waals surface area (Å²) < 4.78 is 6.57. The van der Waals surface area contributed by atoms with Crippen LogP contribution in [0.2, 0.25) is 0 Å². The summed E-state index contributed by atoms with van der Waals surface area (Å²) in [6.45, 7) is 6.70. The highest BCUT2D eigenvalue weighted by molar-refractivity contribution is 9.10. The molecule has 0 saturated heterocycles. The van der Waals surface area contributed by atoms with Crippen molar-refractivity contribution in [3.63, 3.8) is 0 Å². The van der Waals surface area contributed by atoms with Gasteiger partial charge in [0.25, 0.3) is 11.8 Å². The number of carbonyl (C=O) groups is 2. The quantitative estimate of drug-likeness (QED) is 0.442. The van der Waals surface area contributed by atoms with Crippen LogP contribution in [0.15, 0.2) is 77.3 Å². The van der Waals surface area contributed by atoms with Gasteiger partial charge in [0, 0.05) is 16.7 Å². The van der Waals surface area contributed by atoms with Crippen LogP contribution in [0.3, 0.4) is 0 Å². The van der Waals surface area contributed by atoms with Crippen LogP contribution in [0.4, 0.5) is 5.69 Å². The highest BCUT2D eigenvalue weighted by Crippen LogP contribution is 2.22. The van der Waals surface area contributed by atoms with Gasteiger partial charge in [-0.25, -0.2) is 0 Å². The summed E-state index contributed by atoms with van der Waals surface area (Å²) in [5, 5.41) is 5.69. The average molecular weight is 495 g/mol. The van der Waals surface area contributed by atoms with Crippen molar-refractivity contribution >= 4 is 33.4 Å². The molecule has 0 aliphatic rings. The van der Waals surface area contributed by atoms with Gasteiger partial charge in [0.05, 0.1) is 5.56 Å². The third-order valence-corrected chi connectivity index (χ3v) is 5.42. The van der Waals surface area contributed by atoms with Gasteiger partial charge in [-0.2, -0.15) is 0 Å². The van der Waals surface area contributed by atoms with Crippen molar-refractivity contribution in [3.8, 4) is 5.75 Å². The number of ether oxygens (including phenoxy) is 1. The van der Waals surface area contributed by atoms with Crippen molar-refractivity contribution in [3.05, 3.63) is 94.0 Å². The monoisotopic (exact) mass is 494 g/mol. The Hall–Kier alpha value is -3.12. The van der Waals surface area contributed by atoms with Crippen LogP contribution in [0.5, 0.6) is 5.75 Å². The molecule has 0 spiro atoms. The number of carbonyl (C=O) groups excluding carboxylic acids is 2. The zero-order valence-corrected chi connectivity index (χ0v) is 20.0. The lowest BCUT2D eigenvalue weighted by Crippen LogP contribution is -2.25. The molecule has 0 aliphatic heterocycles. The van der Waals surface area contributed by atoms with E-state index in [1.165, 1.54) is 5.56 Å². The Morgan fingerprint density at radius 3 is 2.22 bits per heavy atom. The Labute approximate surface area is 197 Å². The predicted molar refractivity (Wildman–Crippen MR) is 131 cm³/mol. The minimum atomic E-state index is -0.304. The van der Waals surface area contributed by atoms with Gasteiger partial charge in [0.15, 0.2) is 6.61 Å². The van der Waals surface area contributed by atoms with Gasteiger partial charge in [-0.1, -0.05) is 73.1 Å². The standard InChI is InChI=1S/C26H27BrN2O3/c1-26(2,3)19-10-8-18(9-11-19)16-28-25(31)22-6-4-5-7-23(22)32-17-24(30)29-21-14-12-20(27)13-15-21/h4-15H,16-17H2,1-3H3,(H,28,31)(H,29,30). The lowest BCUT2D eigenvalue weighted by Gasteiger charge is -2.19. The van der Waals surface area contributed by atoms with E-state index in [9.17, 15) is 9.59 Å². The molecule has 0 atom stereocenters. The molecule has 2 amide bonds. The Kier molecular flexibility index (Phi) is 7.70. The highest BCUT2D eigenvalue weighted by atomic mass is 79.9. The molecule has 0 aliphatic carbocycles. The van der Waals surface area contributed by atoms with E-state index in [2.05, 4.69) is 59.5 Å². The van der Waals surface area contributed by atoms with Crippen molar-refractivity contribution in [2.24, 2.45) is 0 Å². The summed E-state index contributed by atoms with van der Waals surface area (Å²) in [5.41, 5.74) is 3.40. The lowest BCUT2D eigenvalue weighted by molar-refractivity contribution is -0.118. The minimum Gasteiger partial charge on any atom is -0.483 e. The molecule has 2 N–H and O–H groups in total. The number of para-hydroxylation sites is 1. The number of halogens is 1. The smallest absolute Gasteiger partial charge is 0.262 e. The van der Waals surface area contributed by atoms with E-state index in [0.29, 0.717) is 23.5 Å². The molecule has 0 saturated carbocycles. The Morgan fingerprint density at radius 1 is 0.906 bits per heavy atom. The van der Waals surface area contributed by atoms with Gasteiger partial charge >= 0.3 is 0 Å². The van der Waals surface area contributed by atoms with Crippen molar-refractivity contribution < 1.29 is 14.3 Å². The van der Waals surface area contributed by atoms with Crippen LogP contribution in [0.1, 0.15) is 42.3 Å². The van der Waals surface area contributed by atoms with Gasteiger partial charge in [-0.05, 0) is 52.9 Å². The summed E-state index contributed by atoms with van der Waals surface area (Å²) in [6.07, 6.45) is 0. The Balaban J connectivity index is 1.57. The molecule has 32 heavy (non-hydrogen) atoms. The molecule has 0 radical (unpaired) electrons. The number of rotatable bonds is 7. The zero-order valence-electron chi connectivity index (χ0n) is 18.4. The molecule has 166 valence electrons. The van der Waals surface area contributed by atoms with E-state index in [0.717, 1.165) is 10.0 Å². The summed E-state index contributed by atoms with van der Waals surface area (Å²) in [4.78, 5) is 24.9. The van der Waals surface area contributed by atoms with Gasteiger partial charge in [0.1, 0.15) is 5.75 Å². The van der Waals surface area contributed by atoms with Crippen LogP contribution in [-0.4, -0.2) is 18.4 Å². The van der Waals surface area contributed by atoms with E-state index < -0.39 is 0 Å². The van der Waals surface area contributed by atoms with Crippen LogP contribution in [0, 0.1) is 0 Å². The SMILES string of the molecule is CC(C)(C)c1ccc(CNC(=O)c2ccccc2OCC(=O)Nc2ccc(Br)cc2)cc1. The lowest BCUT2D eigenvalue weighted by atomic mass is 9.87. The average Bonchev–Trinajstić information content (AvgIpc) is 2.77. The normalized spacial score (nSPS) is 11.0. The predicted octanol–water partition coefficient (Wildman–Crippen LogP) is 5.69. The number of benzene rings is 3. The third kappa shape index (κ3) is 6.69. The second-order valence-electron chi connectivity index (χ2n) is 8.47. The topological polar surface area (TPSA) is 67.4 Å². The number of amides is 2. The minimum absolute atomic E-state index is 0.0850. The fourth-order valence-corrected chi connectivity index (χ4v) is 3.32. The molecule has 0 unspecified atom stereocenters. The maximum absolute atomic E-state index is 12.7. The number of nitrogens with one attached hydrogen (secondary N) is 2. The number of anilines is 1. The fraction of sp³-hybridized carbons (Fsp3) is 0.231. The van der Waals surface area contributed by atoms with Gasteiger partial charge in [-0.15, -0.1) is 0 Å². The molecule has 6 heteroatoms. The van der Waals surface area contributed by atoms with Crippen molar-refractivity contribution in [1.29, 1.82) is 0 Å². The Morgan fingerprint density at radius 2 is 1.56 bits per heavy atom. The van der Waals surface area contributed by atoms with Gasteiger partial charge in [-0.3, -0.25) is 9.59 Å². The first kappa shape index (κ1) is 23.5. The molecule has 5 nitrogen and oxygen atoms in total. The molecular weight excluding hydrogens is 468 g/mol. The molecule has 0 aromatic heterocycles. The molecule has 3 aromatic carbocycles. The first-order chi connectivity index (χ1) is 15.2. The second kappa shape index (κ2) is 10.5. The third-order valence-electron chi connectivity index (χ3n) is 4.89. The molecule has 0 heterocycles. The molecular formula is C26H27BrN2O3. The Bertz CT molecular complexity index is 1070. The summed E-state index contributed by atoms with van der Waals surface area (Å²) in [5.74, 6) is -0.200. The van der Waals surface area contributed by atoms with E-state index in [1.807, 2.05) is 24.3 Å². The fourth-order valence-electron chi connectivity index (χ4n) is 3.05. The zero-order chi connectivity index (χ0) is 23.1. The molecule has 0 fully saturated rings. The summed E-state index contributed by atoms with van der Waals surface area (Å²) >= 11 is 3.36. The first-order valence-electron chi connectivity index (χ1n) is 10.4. The summed E-state index contributed by atoms with van der Waals surface area (Å²) in [6, 6.07) is 22.4. The van der Waals surface area contributed by atoms with Crippen molar-refractivity contribution in [2.75, 3.05) is 11.9 Å². The van der Waals surface area contributed by atoms with Crippen molar-refractivity contribution in [1.82, 2.24) is 5.32 Å². The number of hydrogen-bond donors (Lipinski definition) is 2. The second-order valence-corrected chi connectivity index (χ2v) is 9.39. The molecule has 3 aromatic rings. The summed E-state index contributed by atoms with van der Waals surface area (Å²) in [7, 11) is 0. The van der Waals surface area contributed by atoms with Crippen LogP contribution in [0.25, 0.3) is 0 Å². The van der Waals surface area contributed by atoms with E-state index in [4.69, 9.17) is 4.74 Å². The molecule has 3 rings (SSSR count).